The maximum absolute atomic E-state index is 12.7. The van der Waals surface area contributed by atoms with Crippen LogP contribution >= 0.6 is 15.9 Å². The molecule has 2 nitrogen and oxygen atoms in total. The average molecular weight is 344 g/mol. The van der Waals surface area contributed by atoms with Gasteiger partial charge in [0.05, 0.1) is 0 Å². The molecule has 1 unspecified atom stereocenters. The minimum atomic E-state index is 0.148. The maximum atomic E-state index is 12.7. The molecule has 1 aliphatic rings. The lowest BCUT2D eigenvalue weighted by Gasteiger charge is -2.25. The van der Waals surface area contributed by atoms with Crippen LogP contribution in [0.3, 0.4) is 0 Å². The van der Waals surface area contributed by atoms with Crippen LogP contribution in [0.4, 0.5) is 0 Å². The van der Waals surface area contributed by atoms with Crippen LogP contribution in [0.25, 0.3) is 0 Å². The van der Waals surface area contributed by atoms with Crippen molar-refractivity contribution in [3.63, 3.8) is 0 Å². The lowest BCUT2D eigenvalue weighted by molar-refractivity contribution is 0.0736. The Morgan fingerprint density at radius 3 is 2.71 bits per heavy atom. The zero-order valence-corrected chi connectivity index (χ0v) is 13.4. The van der Waals surface area contributed by atoms with Crippen LogP contribution in [0.15, 0.2) is 59.1 Å². The quantitative estimate of drug-likeness (QED) is 0.813. The Hall–Kier alpha value is -1.61. The van der Waals surface area contributed by atoms with Gasteiger partial charge in [-0.25, -0.2) is 0 Å². The van der Waals surface area contributed by atoms with E-state index in [0.717, 1.165) is 35.8 Å². The second-order valence-electron chi connectivity index (χ2n) is 5.49. The lowest BCUT2D eigenvalue weighted by atomic mass is 10.0. The molecule has 0 N–H and O–H groups in total. The van der Waals surface area contributed by atoms with E-state index in [2.05, 4.69) is 40.2 Å². The number of likely N-dealkylation sites (tertiary alicyclic amines) is 1. The summed E-state index contributed by atoms with van der Waals surface area (Å²) in [5.74, 6) is 0.148. The first-order valence-corrected chi connectivity index (χ1v) is 8.14. The second kappa shape index (κ2) is 6.44. The summed E-state index contributed by atoms with van der Waals surface area (Å²) in [6.07, 6.45) is 3.13. The lowest BCUT2D eigenvalue weighted by Crippen LogP contribution is -2.36. The third kappa shape index (κ3) is 3.35. The molecule has 0 saturated carbocycles. The molecule has 1 fully saturated rings. The minimum Gasteiger partial charge on any atom is -0.335 e. The van der Waals surface area contributed by atoms with E-state index in [0.29, 0.717) is 6.04 Å². The first-order chi connectivity index (χ1) is 10.2. The van der Waals surface area contributed by atoms with Gasteiger partial charge in [0, 0.05) is 22.6 Å². The summed E-state index contributed by atoms with van der Waals surface area (Å²) >= 11 is 3.44. The van der Waals surface area contributed by atoms with Gasteiger partial charge in [-0.1, -0.05) is 52.3 Å². The fraction of sp³-hybridized carbons (Fsp3) is 0.278. The summed E-state index contributed by atoms with van der Waals surface area (Å²) in [6, 6.07) is 18.4. The van der Waals surface area contributed by atoms with Gasteiger partial charge < -0.3 is 4.90 Å². The highest BCUT2D eigenvalue weighted by Crippen LogP contribution is 2.24. The largest absolute Gasteiger partial charge is 0.335 e. The molecule has 1 aliphatic heterocycles. The number of halogens is 1. The molecule has 1 amide bonds. The number of carbonyl (C=O) groups is 1. The van der Waals surface area contributed by atoms with Crippen LogP contribution < -0.4 is 0 Å². The van der Waals surface area contributed by atoms with Crippen molar-refractivity contribution in [3.05, 3.63) is 70.2 Å². The number of carbonyl (C=O) groups excluding carboxylic acids is 1. The summed E-state index contributed by atoms with van der Waals surface area (Å²) in [5, 5.41) is 0. The van der Waals surface area contributed by atoms with Crippen molar-refractivity contribution in [2.45, 2.75) is 25.3 Å². The number of benzene rings is 2. The van der Waals surface area contributed by atoms with E-state index < -0.39 is 0 Å². The van der Waals surface area contributed by atoms with Gasteiger partial charge in [-0.3, -0.25) is 4.79 Å². The molecule has 0 radical (unpaired) electrons. The molecule has 2 aromatic rings. The molecule has 0 bridgehead atoms. The van der Waals surface area contributed by atoms with Gasteiger partial charge in [-0.15, -0.1) is 0 Å². The third-order valence-corrected chi connectivity index (χ3v) is 4.52. The van der Waals surface area contributed by atoms with Crippen molar-refractivity contribution in [2.24, 2.45) is 0 Å². The Bertz CT molecular complexity index is 626. The summed E-state index contributed by atoms with van der Waals surface area (Å²) in [5.41, 5.74) is 2.07. The summed E-state index contributed by atoms with van der Waals surface area (Å²) in [6.45, 7) is 0.864. The van der Waals surface area contributed by atoms with Crippen molar-refractivity contribution >= 4 is 21.8 Å². The van der Waals surface area contributed by atoms with E-state index >= 15 is 0 Å². The molecule has 0 aliphatic carbocycles. The highest BCUT2D eigenvalue weighted by atomic mass is 79.9. The fourth-order valence-corrected chi connectivity index (χ4v) is 3.39. The van der Waals surface area contributed by atoms with Crippen LogP contribution in [-0.2, 0) is 6.42 Å². The Kier molecular flexibility index (Phi) is 4.39. The van der Waals surface area contributed by atoms with Crippen LogP contribution in [0, 0.1) is 0 Å². The van der Waals surface area contributed by atoms with E-state index in [9.17, 15) is 4.79 Å². The average Bonchev–Trinajstić information content (AvgIpc) is 2.95. The fourth-order valence-electron chi connectivity index (χ4n) is 2.99. The van der Waals surface area contributed by atoms with E-state index in [1.807, 2.05) is 35.2 Å². The molecule has 3 rings (SSSR count). The topological polar surface area (TPSA) is 20.3 Å². The Labute approximate surface area is 133 Å². The van der Waals surface area contributed by atoms with Gasteiger partial charge in [-0.05, 0) is 43.0 Å². The first-order valence-electron chi connectivity index (χ1n) is 7.34. The van der Waals surface area contributed by atoms with Crippen LogP contribution in [0.5, 0.6) is 0 Å². The van der Waals surface area contributed by atoms with E-state index in [-0.39, 0.29) is 5.91 Å². The highest BCUT2D eigenvalue weighted by molar-refractivity contribution is 9.10. The summed E-state index contributed by atoms with van der Waals surface area (Å²) < 4.78 is 0.951. The minimum absolute atomic E-state index is 0.148. The van der Waals surface area contributed by atoms with Crippen LogP contribution in [0.2, 0.25) is 0 Å². The van der Waals surface area contributed by atoms with Crippen molar-refractivity contribution in [2.75, 3.05) is 6.54 Å². The molecule has 1 atom stereocenters. The summed E-state index contributed by atoms with van der Waals surface area (Å²) in [4.78, 5) is 14.7. The smallest absolute Gasteiger partial charge is 0.254 e. The zero-order valence-electron chi connectivity index (χ0n) is 11.8. The molecule has 0 aromatic heterocycles. The number of amides is 1. The number of hydrogen-bond donors (Lipinski definition) is 0. The monoisotopic (exact) mass is 343 g/mol. The number of rotatable bonds is 3. The first kappa shape index (κ1) is 14.3. The van der Waals surface area contributed by atoms with E-state index in [1.165, 1.54) is 5.56 Å². The predicted molar refractivity (Wildman–Crippen MR) is 88.3 cm³/mol. The Morgan fingerprint density at radius 2 is 1.95 bits per heavy atom. The van der Waals surface area contributed by atoms with Crippen LogP contribution in [-0.4, -0.2) is 23.4 Å². The van der Waals surface area contributed by atoms with Crippen molar-refractivity contribution in [3.8, 4) is 0 Å². The predicted octanol–water partition coefficient (Wildman–Crippen LogP) is 4.30. The van der Waals surface area contributed by atoms with Gasteiger partial charge in [-0.2, -0.15) is 0 Å². The van der Waals surface area contributed by atoms with Crippen molar-refractivity contribution in [1.29, 1.82) is 0 Å². The molecule has 3 heteroatoms. The highest BCUT2D eigenvalue weighted by Gasteiger charge is 2.29. The standard InChI is InChI=1S/C18H18BrNO/c19-16-9-4-8-15(13-16)18(21)20-11-5-10-17(20)12-14-6-2-1-3-7-14/h1-4,6-9,13,17H,5,10-12H2. The van der Waals surface area contributed by atoms with Gasteiger partial charge >= 0.3 is 0 Å². The molecule has 1 saturated heterocycles. The van der Waals surface area contributed by atoms with Gasteiger partial charge in [0.2, 0.25) is 0 Å². The molecular weight excluding hydrogens is 326 g/mol. The molecule has 2 aromatic carbocycles. The second-order valence-corrected chi connectivity index (χ2v) is 6.41. The normalized spacial score (nSPS) is 18.0. The maximum Gasteiger partial charge on any atom is 0.254 e. The van der Waals surface area contributed by atoms with Crippen LogP contribution in [0.1, 0.15) is 28.8 Å². The molecular formula is C18H18BrNO. The molecule has 21 heavy (non-hydrogen) atoms. The number of nitrogens with zero attached hydrogens (tertiary/aromatic N) is 1. The van der Waals surface area contributed by atoms with E-state index in [1.54, 1.807) is 0 Å². The zero-order chi connectivity index (χ0) is 14.7. The molecule has 0 spiro atoms. The Balaban J connectivity index is 1.76. The number of hydrogen-bond acceptors (Lipinski definition) is 1. The van der Waals surface area contributed by atoms with E-state index in [4.69, 9.17) is 0 Å². The van der Waals surface area contributed by atoms with Gasteiger partial charge in [0.1, 0.15) is 0 Å². The summed E-state index contributed by atoms with van der Waals surface area (Å²) in [7, 11) is 0. The van der Waals surface area contributed by atoms with Crippen molar-refractivity contribution < 1.29 is 4.79 Å². The SMILES string of the molecule is O=C(c1cccc(Br)c1)N1CCCC1Cc1ccccc1. The molecule has 1 heterocycles. The van der Waals surface area contributed by atoms with Gasteiger partial charge in [0.25, 0.3) is 5.91 Å². The Morgan fingerprint density at radius 1 is 1.14 bits per heavy atom. The van der Waals surface area contributed by atoms with Crippen molar-refractivity contribution in [1.82, 2.24) is 4.90 Å². The molecule has 108 valence electrons. The third-order valence-electron chi connectivity index (χ3n) is 4.02. The van der Waals surface area contributed by atoms with Gasteiger partial charge in [0.15, 0.2) is 0 Å².